The van der Waals surface area contributed by atoms with Gasteiger partial charge in [-0.3, -0.25) is 0 Å². The molecular weight excluding hydrogens is 181 g/mol. The molecular formula is C8H17Cl2N. The molecule has 0 unspecified atom stereocenters. The molecule has 1 aliphatic rings. The Morgan fingerprint density at radius 2 is 1.91 bits per heavy atom. The van der Waals surface area contributed by atoms with Crippen LogP contribution in [0.2, 0.25) is 0 Å². The van der Waals surface area contributed by atoms with Crippen LogP contribution in [0.1, 0.15) is 25.7 Å². The highest BCUT2D eigenvalue weighted by Crippen LogP contribution is 2.17. The number of hydrogen-bond donors (Lipinski definition) is 1. The topological polar surface area (TPSA) is 12.0 Å². The van der Waals surface area contributed by atoms with Gasteiger partial charge in [0, 0.05) is 5.88 Å². The van der Waals surface area contributed by atoms with Crippen molar-refractivity contribution in [2.24, 2.45) is 5.92 Å². The molecule has 1 saturated heterocycles. The van der Waals surface area contributed by atoms with Crippen LogP contribution in [0.5, 0.6) is 0 Å². The van der Waals surface area contributed by atoms with Gasteiger partial charge in [-0.15, -0.1) is 24.0 Å². The first-order valence-corrected chi connectivity index (χ1v) is 4.73. The Kier molecular flexibility index (Phi) is 7.56. The van der Waals surface area contributed by atoms with E-state index >= 15 is 0 Å². The van der Waals surface area contributed by atoms with E-state index in [2.05, 4.69) is 5.32 Å². The van der Waals surface area contributed by atoms with E-state index < -0.39 is 0 Å². The van der Waals surface area contributed by atoms with Crippen LogP contribution in [0.3, 0.4) is 0 Å². The second kappa shape index (κ2) is 7.20. The van der Waals surface area contributed by atoms with E-state index in [-0.39, 0.29) is 12.4 Å². The van der Waals surface area contributed by atoms with E-state index in [1.54, 1.807) is 0 Å². The van der Waals surface area contributed by atoms with Gasteiger partial charge in [-0.05, 0) is 44.7 Å². The zero-order valence-electron chi connectivity index (χ0n) is 6.81. The molecule has 1 rings (SSSR count). The monoisotopic (exact) mass is 197 g/mol. The Hall–Kier alpha value is 0.540. The molecule has 0 aromatic carbocycles. The molecule has 11 heavy (non-hydrogen) atoms. The second-order valence-electron chi connectivity index (χ2n) is 3.02. The summed E-state index contributed by atoms with van der Waals surface area (Å²) in [5, 5.41) is 3.36. The summed E-state index contributed by atoms with van der Waals surface area (Å²) in [5.41, 5.74) is 0. The van der Waals surface area contributed by atoms with Crippen LogP contribution in [0.25, 0.3) is 0 Å². The van der Waals surface area contributed by atoms with Gasteiger partial charge in [0.25, 0.3) is 0 Å². The molecule has 1 fully saturated rings. The molecule has 0 amide bonds. The second-order valence-corrected chi connectivity index (χ2v) is 3.40. The maximum Gasteiger partial charge on any atom is 0.0223 e. The predicted octanol–water partition coefficient (Wildman–Crippen LogP) is 2.43. The minimum Gasteiger partial charge on any atom is -0.317 e. The zero-order valence-corrected chi connectivity index (χ0v) is 8.39. The van der Waals surface area contributed by atoms with Gasteiger partial charge in [-0.1, -0.05) is 0 Å². The van der Waals surface area contributed by atoms with Gasteiger partial charge in [0.15, 0.2) is 0 Å². The van der Waals surface area contributed by atoms with Crippen LogP contribution in [0, 0.1) is 5.92 Å². The zero-order chi connectivity index (χ0) is 7.23. The summed E-state index contributed by atoms with van der Waals surface area (Å²) in [6.07, 6.45) is 5.26. The summed E-state index contributed by atoms with van der Waals surface area (Å²) < 4.78 is 0. The number of rotatable bonds is 3. The van der Waals surface area contributed by atoms with E-state index in [1.165, 1.54) is 38.8 Å². The van der Waals surface area contributed by atoms with Crippen molar-refractivity contribution in [3.63, 3.8) is 0 Å². The highest BCUT2D eigenvalue weighted by atomic mass is 35.5. The number of piperidine rings is 1. The van der Waals surface area contributed by atoms with E-state index in [9.17, 15) is 0 Å². The van der Waals surface area contributed by atoms with Gasteiger partial charge in [0.2, 0.25) is 0 Å². The van der Waals surface area contributed by atoms with E-state index in [0.29, 0.717) is 0 Å². The van der Waals surface area contributed by atoms with Crippen molar-refractivity contribution in [2.75, 3.05) is 19.0 Å². The minimum atomic E-state index is 0. The molecule has 0 radical (unpaired) electrons. The maximum absolute atomic E-state index is 5.61. The lowest BCUT2D eigenvalue weighted by atomic mass is 9.94. The van der Waals surface area contributed by atoms with Gasteiger partial charge < -0.3 is 5.32 Å². The lowest BCUT2D eigenvalue weighted by Gasteiger charge is -2.21. The third-order valence-corrected chi connectivity index (χ3v) is 2.47. The van der Waals surface area contributed by atoms with Crippen molar-refractivity contribution < 1.29 is 0 Å². The fourth-order valence-corrected chi connectivity index (χ4v) is 1.69. The molecule has 0 atom stereocenters. The van der Waals surface area contributed by atoms with Crippen LogP contribution in [-0.4, -0.2) is 19.0 Å². The van der Waals surface area contributed by atoms with Gasteiger partial charge >= 0.3 is 0 Å². The van der Waals surface area contributed by atoms with E-state index in [1.807, 2.05) is 0 Å². The fraction of sp³-hybridized carbons (Fsp3) is 1.00. The number of halogens is 2. The molecule has 1 nitrogen and oxygen atoms in total. The Morgan fingerprint density at radius 3 is 2.45 bits per heavy atom. The number of nitrogens with one attached hydrogen (secondary N) is 1. The summed E-state index contributed by atoms with van der Waals surface area (Å²) >= 11 is 5.61. The summed E-state index contributed by atoms with van der Waals surface area (Å²) in [4.78, 5) is 0. The average Bonchev–Trinajstić information content (AvgIpc) is 2.03. The van der Waals surface area contributed by atoms with E-state index in [4.69, 9.17) is 11.6 Å². The quantitative estimate of drug-likeness (QED) is 0.686. The summed E-state index contributed by atoms with van der Waals surface area (Å²) in [6, 6.07) is 0. The van der Waals surface area contributed by atoms with E-state index in [0.717, 1.165) is 11.8 Å². The summed E-state index contributed by atoms with van der Waals surface area (Å²) in [6.45, 7) is 2.43. The molecule has 68 valence electrons. The van der Waals surface area contributed by atoms with Crippen LogP contribution >= 0.6 is 24.0 Å². The number of alkyl halides is 1. The van der Waals surface area contributed by atoms with Crippen molar-refractivity contribution in [1.82, 2.24) is 5.32 Å². The van der Waals surface area contributed by atoms with Crippen molar-refractivity contribution in [2.45, 2.75) is 25.7 Å². The third-order valence-electron chi connectivity index (χ3n) is 2.20. The van der Waals surface area contributed by atoms with Crippen LogP contribution in [-0.2, 0) is 0 Å². The molecule has 0 aromatic rings. The van der Waals surface area contributed by atoms with Gasteiger partial charge in [0.05, 0.1) is 0 Å². The molecule has 0 spiro atoms. The Labute approximate surface area is 80.3 Å². The van der Waals surface area contributed by atoms with Crippen LogP contribution in [0.15, 0.2) is 0 Å². The lowest BCUT2D eigenvalue weighted by molar-refractivity contribution is 0.352. The molecule has 0 aliphatic carbocycles. The predicted molar refractivity (Wildman–Crippen MR) is 52.8 cm³/mol. The minimum absolute atomic E-state index is 0. The first kappa shape index (κ1) is 11.5. The Balaban J connectivity index is 0.000001000. The molecule has 3 heteroatoms. The SMILES string of the molecule is Cl.ClCCCC1CCNCC1. The molecule has 0 saturated carbocycles. The smallest absolute Gasteiger partial charge is 0.0223 e. The first-order valence-electron chi connectivity index (χ1n) is 4.20. The Morgan fingerprint density at radius 1 is 1.27 bits per heavy atom. The summed E-state index contributed by atoms with van der Waals surface area (Å²) in [7, 11) is 0. The molecule has 1 aliphatic heterocycles. The third kappa shape index (κ3) is 4.89. The maximum atomic E-state index is 5.61. The van der Waals surface area contributed by atoms with Crippen molar-refractivity contribution >= 4 is 24.0 Å². The fourth-order valence-electron chi connectivity index (χ4n) is 1.54. The van der Waals surface area contributed by atoms with Crippen LogP contribution in [0.4, 0.5) is 0 Å². The largest absolute Gasteiger partial charge is 0.317 e. The van der Waals surface area contributed by atoms with Gasteiger partial charge in [-0.25, -0.2) is 0 Å². The van der Waals surface area contributed by atoms with Crippen LogP contribution < -0.4 is 5.32 Å². The summed E-state index contributed by atoms with van der Waals surface area (Å²) in [5.74, 6) is 1.80. The average molecular weight is 198 g/mol. The Bertz CT molecular complexity index is 82.2. The van der Waals surface area contributed by atoms with Gasteiger partial charge in [-0.2, -0.15) is 0 Å². The molecule has 1 N–H and O–H groups in total. The normalized spacial score (nSPS) is 19.4. The van der Waals surface area contributed by atoms with Crippen molar-refractivity contribution in [3.8, 4) is 0 Å². The van der Waals surface area contributed by atoms with Gasteiger partial charge in [0.1, 0.15) is 0 Å². The van der Waals surface area contributed by atoms with Crippen molar-refractivity contribution in [3.05, 3.63) is 0 Å². The van der Waals surface area contributed by atoms with Crippen molar-refractivity contribution in [1.29, 1.82) is 0 Å². The molecule has 0 aromatic heterocycles. The highest BCUT2D eigenvalue weighted by molar-refractivity contribution is 6.17. The lowest BCUT2D eigenvalue weighted by Crippen LogP contribution is -2.27. The highest BCUT2D eigenvalue weighted by Gasteiger charge is 2.11. The number of hydrogen-bond acceptors (Lipinski definition) is 1. The molecule has 1 heterocycles. The first-order chi connectivity index (χ1) is 4.93. The molecule has 0 bridgehead atoms. The standard InChI is InChI=1S/C8H16ClN.ClH/c9-5-1-2-8-3-6-10-7-4-8;/h8,10H,1-7H2;1H.